The largest absolute Gasteiger partial charge is 0.441 e. The minimum absolute atomic E-state index is 0.482. The second-order valence-corrected chi connectivity index (χ2v) is 4.47. The highest BCUT2D eigenvalue weighted by Gasteiger charge is 2.07. The molecule has 1 heterocycles. The van der Waals surface area contributed by atoms with Crippen molar-refractivity contribution in [3.8, 4) is 11.3 Å². The Morgan fingerprint density at radius 3 is 2.44 bits per heavy atom. The zero-order valence-electron chi connectivity index (χ0n) is 8.21. The predicted molar refractivity (Wildman–Crippen MR) is 66.4 cm³/mol. The van der Waals surface area contributed by atoms with E-state index in [1.54, 1.807) is 24.4 Å². The topological polar surface area (TPSA) is 26.0 Å². The summed E-state index contributed by atoms with van der Waals surface area (Å²) in [6.45, 7) is 0. The van der Waals surface area contributed by atoms with Gasteiger partial charge in [-0.15, -0.1) is 11.6 Å². The quantitative estimate of drug-likeness (QED) is 0.775. The average molecular weight is 277 g/mol. The average Bonchev–Trinajstić information content (AvgIpc) is 2.65. The number of halogens is 3. The van der Waals surface area contributed by atoms with Gasteiger partial charge in [-0.2, -0.15) is 0 Å². The van der Waals surface area contributed by atoms with Crippen molar-refractivity contribution in [3.05, 3.63) is 40.3 Å². The summed E-state index contributed by atoms with van der Waals surface area (Å²) in [5.74, 6) is 1.74. The van der Waals surface area contributed by atoms with E-state index >= 15 is 0 Å². The first-order valence-corrected chi connectivity index (χ1v) is 5.95. The highest BCUT2D eigenvalue weighted by atomic mass is 35.5. The van der Waals surface area contributed by atoms with Gasteiger partial charge in [0.2, 0.25) is 0 Å². The maximum Gasteiger partial charge on any atom is 0.196 e. The van der Waals surface area contributed by atoms with Gasteiger partial charge in [0.15, 0.2) is 11.7 Å². The number of rotatable bonds is 3. The summed E-state index contributed by atoms with van der Waals surface area (Å²) in [5.41, 5.74) is 0.811. The predicted octanol–water partition coefficient (Wildman–Crippen LogP) is 4.43. The first-order chi connectivity index (χ1) is 7.69. The molecule has 1 aromatic carbocycles. The van der Waals surface area contributed by atoms with Crippen molar-refractivity contribution in [1.82, 2.24) is 4.98 Å². The lowest BCUT2D eigenvalue weighted by Crippen LogP contribution is -1.83. The molecule has 0 unspecified atom stereocenters. The maximum atomic E-state index is 5.90. The third kappa shape index (κ3) is 2.70. The van der Waals surface area contributed by atoms with Crippen molar-refractivity contribution < 1.29 is 4.42 Å². The number of oxazole rings is 1. The summed E-state index contributed by atoms with van der Waals surface area (Å²) in [6.07, 6.45) is 2.25. The molecule has 2 nitrogen and oxygen atoms in total. The van der Waals surface area contributed by atoms with Crippen LogP contribution in [0.3, 0.4) is 0 Å². The lowest BCUT2D eigenvalue weighted by molar-refractivity contribution is 0.515. The Balaban J connectivity index is 2.34. The van der Waals surface area contributed by atoms with Gasteiger partial charge in [-0.3, -0.25) is 0 Å². The molecule has 0 atom stereocenters. The van der Waals surface area contributed by atoms with E-state index in [9.17, 15) is 0 Å². The molecule has 0 fully saturated rings. The molecule has 0 N–H and O–H groups in total. The van der Waals surface area contributed by atoms with Gasteiger partial charge in [-0.05, 0) is 18.2 Å². The molecule has 0 aliphatic carbocycles. The van der Waals surface area contributed by atoms with E-state index in [1.807, 2.05) is 0 Å². The zero-order valence-corrected chi connectivity index (χ0v) is 10.5. The van der Waals surface area contributed by atoms with Gasteiger partial charge in [0.1, 0.15) is 0 Å². The fraction of sp³-hybridized carbons (Fsp3) is 0.182. The zero-order chi connectivity index (χ0) is 11.5. The molecule has 16 heavy (non-hydrogen) atoms. The number of alkyl halides is 1. The normalized spacial score (nSPS) is 10.7. The number of nitrogens with zero attached hydrogens (tertiary/aromatic N) is 1. The minimum Gasteiger partial charge on any atom is -0.441 e. The number of hydrogen-bond donors (Lipinski definition) is 0. The van der Waals surface area contributed by atoms with Gasteiger partial charge >= 0.3 is 0 Å². The molecular formula is C11H8Cl3NO. The van der Waals surface area contributed by atoms with Crippen LogP contribution in [0.15, 0.2) is 28.8 Å². The molecule has 2 aromatic rings. The van der Waals surface area contributed by atoms with Crippen LogP contribution in [0.5, 0.6) is 0 Å². The number of aryl methyl sites for hydroxylation is 1. The fourth-order valence-corrected chi connectivity index (χ4v) is 2.02. The second-order valence-electron chi connectivity index (χ2n) is 3.22. The minimum atomic E-state index is 0.482. The Labute approximate surface area is 108 Å². The highest BCUT2D eigenvalue weighted by molar-refractivity contribution is 6.35. The van der Waals surface area contributed by atoms with Crippen molar-refractivity contribution >= 4 is 34.8 Å². The van der Waals surface area contributed by atoms with Gasteiger partial charge in [0.25, 0.3) is 0 Å². The number of hydrogen-bond acceptors (Lipinski definition) is 2. The molecule has 84 valence electrons. The molecule has 0 aliphatic heterocycles. The summed E-state index contributed by atoms with van der Waals surface area (Å²) >= 11 is 17.4. The molecule has 2 rings (SSSR count). The van der Waals surface area contributed by atoms with E-state index in [0.717, 1.165) is 5.56 Å². The Morgan fingerprint density at radius 1 is 1.12 bits per heavy atom. The van der Waals surface area contributed by atoms with E-state index in [-0.39, 0.29) is 0 Å². The summed E-state index contributed by atoms with van der Waals surface area (Å²) < 4.78 is 5.51. The van der Waals surface area contributed by atoms with Crippen LogP contribution in [0, 0.1) is 0 Å². The van der Waals surface area contributed by atoms with Gasteiger partial charge in [-0.1, -0.05) is 23.2 Å². The number of aromatic nitrogens is 1. The molecule has 5 heteroatoms. The molecule has 0 aliphatic rings. The third-order valence-corrected chi connectivity index (χ3v) is 2.63. The molecule has 0 saturated carbocycles. The smallest absolute Gasteiger partial charge is 0.196 e. The Kier molecular flexibility index (Phi) is 3.74. The van der Waals surface area contributed by atoms with Crippen LogP contribution in [0.2, 0.25) is 10.0 Å². The Hall–Kier alpha value is -0.700. The molecule has 0 saturated heterocycles. The summed E-state index contributed by atoms with van der Waals surface area (Å²) in [7, 11) is 0. The van der Waals surface area contributed by atoms with Crippen LogP contribution in [0.25, 0.3) is 11.3 Å². The molecule has 0 bridgehead atoms. The van der Waals surface area contributed by atoms with Gasteiger partial charge in [0.05, 0.1) is 6.20 Å². The summed E-state index contributed by atoms with van der Waals surface area (Å²) in [5, 5.41) is 1.13. The fourth-order valence-electron chi connectivity index (χ4n) is 1.34. The highest BCUT2D eigenvalue weighted by Crippen LogP contribution is 2.27. The van der Waals surface area contributed by atoms with Crippen molar-refractivity contribution in [1.29, 1.82) is 0 Å². The van der Waals surface area contributed by atoms with Crippen molar-refractivity contribution in [2.24, 2.45) is 0 Å². The van der Waals surface area contributed by atoms with Crippen molar-refractivity contribution in [2.75, 3.05) is 5.88 Å². The Bertz CT molecular complexity index is 475. The Morgan fingerprint density at radius 2 is 1.81 bits per heavy atom. The third-order valence-electron chi connectivity index (χ3n) is 2.01. The van der Waals surface area contributed by atoms with E-state index < -0.39 is 0 Å². The molecule has 0 radical (unpaired) electrons. The number of benzene rings is 1. The van der Waals surface area contributed by atoms with Crippen LogP contribution in [0.1, 0.15) is 5.89 Å². The van der Waals surface area contributed by atoms with Crippen LogP contribution >= 0.6 is 34.8 Å². The van der Waals surface area contributed by atoms with E-state index in [2.05, 4.69) is 4.98 Å². The molecule has 1 aromatic heterocycles. The standard InChI is InChI=1S/C11H8Cl3NO/c12-2-1-11-15-6-10(16-11)7-3-8(13)5-9(14)4-7/h3-6H,1-2H2. The first kappa shape index (κ1) is 11.8. The molecular weight excluding hydrogens is 268 g/mol. The van der Waals surface area contributed by atoms with Crippen LogP contribution in [-0.4, -0.2) is 10.9 Å². The monoisotopic (exact) mass is 275 g/mol. The summed E-state index contributed by atoms with van der Waals surface area (Å²) in [6, 6.07) is 5.22. The van der Waals surface area contributed by atoms with E-state index in [4.69, 9.17) is 39.2 Å². The first-order valence-electron chi connectivity index (χ1n) is 4.66. The van der Waals surface area contributed by atoms with Crippen LogP contribution in [0.4, 0.5) is 0 Å². The van der Waals surface area contributed by atoms with Crippen LogP contribution < -0.4 is 0 Å². The van der Waals surface area contributed by atoms with Gasteiger partial charge in [-0.25, -0.2) is 4.98 Å². The maximum absolute atomic E-state index is 5.90. The SMILES string of the molecule is ClCCc1ncc(-c2cc(Cl)cc(Cl)c2)o1. The van der Waals surface area contributed by atoms with Gasteiger partial charge in [0, 0.05) is 27.9 Å². The lowest BCUT2D eigenvalue weighted by atomic mass is 10.2. The molecule has 0 amide bonds. The second kappa shape index (κ2) is 5.09. The van der Waals surface area contributed by atoms with Gasteiger partial charge < -0.3 is 4.42 Å². The van der Waals surface area contributed by atoms with Crippen LogP contribution in [-0.2, 0) is 6.42 Å². The summed E-state index contributed by atoms with van der Waals surface area (Å²) in [4.78, 5) is 4.10. The van der Waals surface area contributed by atoms with Crippen molar-refractivity contribution in [2.45, 2.75) is 6.42 Å². The van der Waals surface area contributed by atoms with Crippen molar-refractivity contribution in [3.63, 3.8) is 0 Å². The molecule has 0 spiro atoms. The van der Waals surface area contributed by atoms with E-state index in [1.165, 1.54) is 0 Å². The van der Waals surface area contributed by atoms with E-state index in [0.29, 0.717) is 34.0 Å². The lowest BCUT2D eigenvalue weighted by Gasteiger charge is -1.98.